The van der Waals surface area contributed by atoms with E-state index in [4.69, 9.17) is 12.2 Å². The van der Waals surface area contributed by atoms with Crippen LogP contribution in [0.15, 0.2) is 24.3 Å². The van der Waals surface area contributed by atoms with Gasteiger partial charge in [-0.15, -0.1) is 0 Å². The zero-order chi connectivity index (χ0) is 19.0. The first kappa shape index (κ1) is 18.7. The minimum atomic E-state index is -0.378. The Kier molecular flexibility index (Phi) is 5.10. The monoisotopic (exact) mass is 387 g/mol. The first-order valence-corrected chi connectivity index (χ1v) is 10.7. The molecule has 0 heterocycles. The number of thiocarbonyl (C=S) groups is 1. The van der Waals surface area contributed by atoms with Crippen molar-refractivity contribution in [2.45, 2.75) is 64.3 Å². The fraction of sp³-hybridized carbons (Fsp3) is 0.667. The van der Waals surface area contributed by atoms with E-state index >= 15 is 0 Å². The molecule has 1 atom stereocenters. The molecule has 0 aliphatic heterocycles. The summed E-state index contributed by atoms with van der Waals surface area (Å²) in [5.41, 5.74) is 1.13. The summed E-state index contributed by atoms with van der Waals surface area (Å²) in [6.07, 6.45) is 10.6. The third-order valence-electron chi connectivity index (χ3n) is 7.02. The van der Waals surface area contributed by atoms with Crippen LogP contribution in [0, 0.1) is 33.3 Å². The highest BCUT2D eigenvalue weighted by Gasteiger charge is 2.54. The van der Waals surface area contributed by atoms with Crippen LogP contribution >= 0.6 is 12.2 Å². The average molecular weight is 388 g/mol. The predicted octanol–water partition coefficient (Wildman–Crippen LogP) is 5.27. The number of nitro groups is 1. The Labute approximate surface area is 166 Å². The first-order chi connectivity index (χ1) is 13.0. The molecule has 4 aliphatic rings. The van der Waals surface area contributed by atoms with Crippen molar-refractivity contribution in [1.82, 2.24) is 5.32 Å². The van der Waals surface area contributed by atoms with Gasteiger partial charge in [0.05, 0.1) is 4.92 Å². The van der Waals surface area contributed by atoms with Crippen LogP contribution in [-0.2, 0) is 0 Å². The smallest absolute Gasteiger partial charge is 0.271 e. The number of non-ortho nitro benzene ring substituents is 1. The van der Waals surface area contributed by atoms with Crippen LogP contribution in [-0.4, -0.2) is 16.1 Å². The second kappa shape index (κ2) is 7.38. The van der Waals surface area contributed by atoms with E-state index in [1.165, 1.54) is 50.7 Å². The van der Waals surface area contributed by atoms with Gasteiger partial charge in [-0.3, -0.25) is 10.1 Å². The molecule has 4 aliphatic carbocycles. The van der Waals surface area contributed by atoms with Gasteiger partial charge in [-0.25, -0.2) is 0 Å². The van der Waals surface area contributed by atoms with Crippen LogP contribution in [0.4, 0.5) is 11.4 Å². The van der Waals surface area contributed by atoms with Gasteiger partial charge in [0.2, 0.25) is 0 Å². The van der Waals surface area contributed by atoms with Crippen molar-refractivity contribution in [2.75, 3.05) is 5.32 Å². The summed E-state index contributed by atoms with van der Waals surface area (Å²) in [5.74, 6) is 2.74. The van der Waals surface area contributed by atoms with Crippen molar-refractivity contribution < 1.29 is 4.92 Å². The number of hydrogen-bond acceptors (Lipinski definition) is 3. The highest BCUT2D eigenvalue weighted by atomic mass is 32.1. The van der Waals surface area contributed by atoms with Crippen molar-refractivity contribution in [2.24, 2.45) is 23.2 Å². The molecular formula is C21H29N3O2S. The summed E-state index contributed by atoms with van der Waals surface area (Å²) in [6, 6.07) is 6.94. The maximum atomic E-state index is 11.0. The SMILES string of the molecule is CCCC(NC(=S)Nc1cccc([N+](=O)[O-])c1)C12CC3CC(CC(C3)C1)C2. The number of nitrogens with one attached hydrogen (secondary N) is 2. The van der Waals surface area contributed by atoms with Gasteiger partial charge < -0.3 is 10.6 Å². The zero-order valence-corrected chi connectivity index (χ0v) is 16.8. The number of benzene rings is 1. The number of rotatable bonds is 6. The lowest BCUT2D eigenvalue weighted by Gasteiger charge is -2.59. The van der Waals surface area contributed by atoms with Gasteiger partial charge in [0.1, 0.15) is 0 Å². The molecule has 0 amide bonds. The standard InChI is InChI=1S/C21H29N3O2S/c1-2-4-19(21-11-14-7-15(12-21)9-16(8-14)13-21)23-20(27)22-17-5-3-6-18(10-17)24(25)26/h3,5-6,10,14-16,19H,2,4,7-9,11-13H2,1H3,(H2,22,23,27). The second-order valence-electron chi connectivity index (χ2n) is 9.03. The lowest BCUT2D eigenvalue weighted by atomic mass is 9.47. The second-order valence-corrected chi connectivity index (χ2v) is 9.44. The molecule has 2 N–H and O–H groups in total. The zero-order valence-electron chi connectivity index (χ0n) is 15.9. The summed E-state index contributed by atoms with van der Waals surface area (Å²) in [6.45, 7) is 2.24. The summed E-state index contributed by atoms with van der Waals surface area (Å²) in [7, 11) is 0. The molecule has 0 radical (unpaired) electrons. The molecule has 4 bridgehead atoms. The Morgan fingerprint density at radius 3 is 2.44 bits per heavy atom. The third-order valence-corrected chi connectivity index (χ3v) is 7.24. The van der Waals surface area contributed by atoms with Gasteiger partial charge >= 0.3 is 0 Å². The van der Waals surface area contributed by atoms with Crippen LogP contribution in [0.25, 0.3) is 0 Å². The maximum absolute atomic E-state index is 11.0. The van der Waals surface area contributed by atoms with Crippen molar-refractivity contribution in [1.29, 1.82) is 0 Å². The first-order valence-electron chi connectivity index (χ1n) is 10.3. The molecule has 6 heteroatoms. The average Bonchev–Trinajstić information content (AvgIpc) is 2.60. The molecule has 0 spiro atoms. The Balaban J connectivity index is 1.46. The van der Waals surface area contributed by atoms with E-state index in [9.17, 15) is 10.1 Å². The van der Waals surface area contributed by atoms with E-state index in [1.54, 1.807) is 6.07 Å². The molecule has 5 rings (SSSR count). The Morgan fingerprint density at radius 2 is 1.89 bits per heavy atom. The minimum Gasteiger partial charge on any atom is -0.359 e. The Hall–Kier alpha value is -1.69. The van der Waals surface area contributed by atoms with Gasteiger partial charge in [-0.05, 0) is 86.4 Å². The molecular weight excluding hydrogens is 358 g/mol. The van der Waals surface area contributed by atoms with Gasteiger partial charge in [0.15, 0.2) is 5.11 Å². The fourth-order valence-electron chi connectivity index (χ4n) is 6.45. The van der Waals surface area contributed by atoms with E-state index in [1.807, 2.05) is 6.07 Å². The molecule has 0 aromatic heterocycles. The van der Waals surface area contributed by atoms with Crippen molar-refractivity contribution in [3.63, 3.8) is 0 Å². The van der Waals surface area contributed by atoms with E-state index < -0.39 is 0 Å². The predicted molar refractivity (Wildman–Crippen MR) is 112 cm³/mol. The van der Waals surface area contributed by atoms with Crippen LogP contribution in [0.3, 0.4) is 0 Å². The molecule has 1 aromatic carbocycles. The van der Waals surface area contributed by atoms with Crippen LogP contribution < -0.4 is 10.6 Å². The molecule has 1 aromatic rings. The van der Waals surface area contributed by atoms with Gasteiger partial charge in [-0.1, -0.05) is 19.4 Å². The van der Waals surface area contributed by atoms with Crippen LogP contribution in [0.2, 0.25) is 0 Å². The van der Waals surface area contributed by atoms with Crippen molar-refractivity contribution >= 4 is 28.7 Å². The highest BCUT2D eigenvalue weighted by Crippen LogP contribution is 2.61. The number of anilines is 1. The topological polar surface area (TPSA) is 67.2 Å². The highest BCUT2D eigenvalue weighted by molar-refractivity contribution is 7.80. The maximum Gasteiger partial charge on any atom is 0.271 e. The van der Waals surface area contributed by atoms with Gasteiger partial charge in [-0.2, -0.15) is 0 Å². The third kappa shape index (κ3) is 3.82. The van der Waals surface area contributed by atoms with E-state index in [2.05, 4.69) is 17.6 Å². The van der Waals surface area contributed by atoms with E-state index in [0.717, 1.165) is 30.6 Å². The Bertz CT molecular complexity index is 701. The molecule has 146 valence electrons. The quantitative estimate of drug-likeness (QED) is 0.396. The largest absolute Gasteiger partial charge is 0.359 e. The van der Waals surface area contributed by atoms with Crippen LogP contribution in [0.1, 0.15) is 58.3 Å². The molecule has 4 fully saturated rings. The van der Waals surface area contributed by atoms with Crippen LogP contribution in [0.5, 0.6) is 0 Å². The molecule has 5 nitrogen and oxygen atoms in total. The normalized spacial score (nSPS) is 32.1. The summed E-state index contributed by atoms with van der Waals surface area (Å²) < 4.78 is 0. The molecule has 0 saturated heterocycles. The lowest BCUT2D eigenvalue weighted by molar-refractivity contribution is -0.384. The Morgan fingerprint density at radius 1 is 1.26 bits per heavy atom. The number of hydrogen-bond donors (Lipinski definition) is 2. The van der Waals surface area contributed by atoms with Crippen molar-refractivity contribution in [3.8, 4) is 0 Å². The van der Waals surface area contributed by atoms with E-state index in [-0.39, 0.29) is 10.6 Å². The molecule has 4 saturated carbocycles. The molecule has 27 heavy (non-hydrogen) atoms. The summed E-state index contributed by atoms with van der Waals surface area (Å²) in [5, 5.41) is 18.4. The van der Waals surface area contributed by atoms with Crippen molar-refractivity contribution in [3.05, 3.63) is 34.4 Å². The fourth-order valence-corrected chi connectivity index (χ4v) is 6.71. The van der Waals surface area contributed by atoms with E-state index in [0.29, 0.717) is 22.3 Å². The number of nitro benzene ring substituents is 1. The minimum absolute atomic E-state index is 0.0778. The van der Waals surface area contributed by atoms with Gasteiger partial charge in [0, 0.05) is 23.9 Å². The lowest BCUT2D eigenvalue weighted by Crippen LogP contribution is -2.57. The van der Waals surface area contributed by atoms with Gasteiger partial charge in [0.25, 0.3) is 5.69 Å². The summed E-state index contributed by atoms with van der Waals surface area (Å²) in [4.78, 5) is 10.6. The number of nitrogens with zero attached hydrogens (tertiary/aromatic N) is 1. The summed E-state index contributed by atoms with van der Waals surface area (Å²) >= 11 is 5.60. The molecule has 1 unspecified atom stereocenters.